The minimum Gasteiger partial charge on any atom is -0.806 e. The summed E-state index contributed by atoms with van der Waals surface area (Å²) in [6, 6.07) is 10.5. The SMILES string of the molecule is CCc1cc(C(F)(F)P(=O)([O-])[O-])c(Br)c(COCc2ccccc2)c1CC. The quantitative estimate of drug-likeness (QED) is 0.551. The highest BCUT2D eigenvalue weighted by atomic mass is 79.9. The van der Waals surface area contributed by atoms with E-state index in [0.717, 1.165) is 17.2 Å². The summed E-state index contributed by atoms with van der Waals surface area (Å²) >= 11 is 3.09. The highest BCUT2D eigenvalue weighted by molar-refractivity contribution is 9.10. The summed E-state index contributed by atoms with van der Waals surface area (Å²) in [5.41, 5.74) is -2.59. The Hall–Kier alpha value is -1.11. The van der Waals surface area contributed by atoms with E-state index in [1.54, 1.807) is 6.92 Å². The lowest BCUT2D eigenvalue weighted by atomic mass is 9.94. The molecule has 0 aliphatic carbocycles. The minimum atomic E-state index is -6.17. The van der Waals surface area contributed by atoms with Gasteiger partial charge in [0.05, 0.1) is 13.2 Å². The smallest absolute Gasteiger partial charge is 0.298 e. The first-order chi connectivity index (χ1) is 12.6. The van der Waals surface area contributed by atoms with Gasteiger partial charge in [0, 0.05) is 17.6 Å². The molecule has 0 bridgehead atoms. The Morgan fingerprint density at radius 1 is 1.07 bits per heavy atom. The van der Waals surface area contributed by atoms with E-state index in [4.69, 9.17) is 4.74 Å². The molecular weight excluding hydrogens is 441 g/mol. The van der Waals surface area contributed by atoms with Crippen molar-refractivity contribution in [2.24, 2.45) is 0 Å². The van der Waals surface area contributed by atoms with Gasteiger partial charge in [0.2, 0.25) is 0 Å². The molecule has 148 valence electrons. The Morgan fingerprint density at radius 3 is 2.22 bits per heavy atom. The Balaban J connectivity index is 2.45. The standard InChI is InChI=1S/C19H22BrF2O4P/c1-3-14-10-17(19(21,22)27(23,24)25)18(20)16(15(14)4-2)12-26-11-13-8-6-5-7-9-13/h5-10H,3-4,11-12H2,1-2H3,(H2,23,24,25)/p-2. The van der Waals surface area contributed by atoms with E-state index < -0.39 is 18.8 Å². The number of aryl methyl sites for hydroxylation is 1. The van der Waals surface area contributed by atoms with Gasteiger partial charge in [-0.15, -0.1) is 0 Å². The second kappa shape index (κ2) is 8.93. The van der Waals surface area contributed by atoms with Crippen LogP contribution in [-0.4, -0.2) is 0 Å². The van der Waals surface area contributed by atoms with Crippen molar-refractivity contribution in [2.45, 2.75) is 45.6 Å². The molecule has 0 aromatic heterocycles. The normalized spacial score (nSPS) is 12.4. The van der Waals surface area contributed by atoms with Gasteiger partial charge in [0.15, 0.2) is 0 Å². The lowest BCUT2D eigenvalue weighted by Gasteiger charge is -2.38. The third-order valence-corrected chi connectivity index (χ3v) is 6.17. The summed E-state index contributed by atoms with van der Waals surface area (Å²) in [5, 5.41) is 0. The summed E-state index contributed by atoms with van der Waals surface area (Å²) < 4.78 is 45.3. The molecule has 0 unspecified atom stereocenters. The second-order valence-corrected chi connectivity index (χ2v) is 8.43. The second-order valence-electron chi connectivity index (χ2n) is 6.08. The van der Waals surface area contributed by atoms with Crippen molar-refractivity contribution in [3.8, 4) is 0 Å². The third-order valence-electron chi connectivity index (χ3n) is 4.33. The number of ether oxygens (including phenoxy) is 1. The Kier molecular flexibility index (Phi) is 7.33. The summed E-state index contributed by atoms with van der Waals surface area (Å²) in [6.45, 7) is 3.95. The van der Waals surface area contributed by atoms with E-state index in [-0.39, 0.29) is 17.7 Å². The average molecular weight is 461 g/mol. The molecule has 0 heterocycles. The summed E-state index contributed by atoms with van der Waals surface area (Å²) in [7, 11) is -6.17. The minimum absolute atomic E-state index is 0.0115. The van der Waals surface area contributed by atoms with Crippen LogP contribution in [0.3, 0.4) is 0 Å². The Morgan fingerprint density at radius 2 is 1.70 bits per heavy atom. The first-order valence-corrected chi connectivity index (χ1v) is 10.8. The third kappa shape index (κ3) is 4.84. The molecule has 0 saturated carbocycles. The molecule has 0 spiro atoms. The van der Waals surface area contributed by atoms with Crippen molar-refractivity contribution >= 4 is 23.5 Å². The van der Waals surface area contributed by atoms with Gasteiger partial charge in [-0.2, -0.15) is 8.78 Å². The molecule has 2 aromatic rings. The summed E-state index contributed by atoms with van der Waals surface area (Å²) in [5.74, 6) is 0. The maximum absolute atomic E-state index is 14.3. The fraction of sp³-hybridized carbons (Fsp3) is 0.368. The van der Waals surface area contributed by atoms with E-state index in [9.17, 15) is 23.1 Å². The first-order valence-electron chi connectivity index (χ1n) is 8.48. The van der Waals surface area contributed by atoms with Crippen molar-refractivity contribution in [1.29, 1.82) is 0 Å². The molecular formula is C19H20BrF2O4P-2. The Labute approximate surface area is 165 Å². The average Bonchev–Trinajstić information content (AvgIpc) is 2.62. The molecule has 0 aliphatic rings. The van der Waals surface area contributed by atoms with E-state index in [1.807, 2.05) is 37.3 Å². The van der Waals surface area contributed by atoms with E-state index in [0.29, 0.717) is 24.0 Å². The highest BCUT2D eigenvalue weighted by Crippen LogP contribution is 2.55. The number of benzene rings is 2. The van der Waals surface area contributed by atoms with Crippen LogP contribution in [0.25, 0.3) is 0 Å². The zero-order chi connectivity index (χ0) is 20.2. The van der Waals surface area contributed by atoms with Crippen LogP contribution >= 0.6 is 23.5 Å². The van der Waals surface area contributed by atoms with E-state index in [1.165, 1.54) is 0 Å². The molecule has 2 aromatic carbocycles. The number of hydrogen-bond acceptors (Lipinski definition) is 4. The molecule has 0 saturated heterocycles. The highest BCUT2D eigenvalue weighted by Gasteiger charge is 2.39. The van der Waals surface area contributed by atoms with Gasteiger partial charge in [0.25, 0.3) is 5.66 Å². The molecule has 0 fully saturated rings. The number of rotatable bonds is 8. The first kappa shape index (κ1) is 22.2. The van der Waals surface area contributed by atoms with Crippen LogP contribution in [0.1, 0.15) is 41.7 Å². The van der Waals surface area contributed by atoms with E-state index >= 15 is 0 Å². The van der Waals surface area contributed by atoms with Gasteiger partial charge in [-0.1, -0.05) is 44.2 Å². The van der Waals surface area contributed by atoms with Crippen molar-refractivity contribution < 1.29 is 27.9 Å². The van der Waals surface area contributed by atoms with Crippen LogP contribution < -0.4 is 9.79 Å². The monoisotopic (exact) mass is 460 g/mol. The van der Waals surface area contributed by atoms with Gasteiger partial charge in [-0.05, 0) is 57.1 Å². The van der Waals surface area contributed by atoms with Crippen LogP contribution in [0, 0.1) is 0 Å². The molecule has 0 aliphatic heterocycles. The molecule has 0 N–H and O–H groups in total. The summed E-state index contributed by atoms with van der Waals surface area (Å²) in [4.78, 5) is 22.3. The van der Waals surface area contributed by atoms with Crippen LogP contribution in [-0.2, 0) is 41.0 Å². The summed E-state index contributed by atoms with van der Waals surface area (Å²) in [6.07, 6.45) is 0.983. The van der Waals surface area contributed by atoms with Crippen LogP contribution in [0.15, 0.2) is 40.9 Å². The molecule has 8 heteroatoms. The van der Waals surface area contributed by atoms with E-state index in [2.05, 4.69) is 15.9 Å². The van der Waals surface area contributed by atoms with Crippen LogP contribution in [0.4, 0.5) is 8.78 Å². The maximum atomic E-state index is 14.3. The molecule has 0 atom stereocenters. The molecule has 27 heavy (non-hydrogen) atoms. The number of hydrogen-bond donors (Lipinski definition) is 0. The molecule has 0 radical (unpaired) electrons. The van der Waals surface area contributed by atoms with Gasteiger partial charge in [-0.25, -0.2) is 0 Å². The van der Waals surface area contributed by atoms with Crippen LogP contribution in [0.2, 0.25) is 0 Å². The molecule has 0 amide bonds. The van der Waals surface area contributed by atoms with Gasteiger partial charge >= 0.3 is 0 Å². The lowest BCUT2D eigenvalue weighted by Crippen LogP contribution is -2.30. The fourth-order valence-corrected chi connectivity index (χ4v) is 4.27. The van der Waals surface area contributed by atoms with Gasteiger partial charge in [-0.3, -0.25) is 0 Å². The van der Waals surface area contributed by atoms with Gasteiger partial charge < -0.3 is 19.1 Å². The topological polar surface area (TPSA) is 72.4 Å². The fourth-order valence-electron chi connectivity index (χ4n) is 2.93. The molecule has 4 nitrogen and oxygen atoms in total. The number of halogens is 3. The molecule has 2 rings (SSSR count). The predicted octanol–water partition coefficient (Wildman–Crippen LogP) is 4.25. The van der Waals surface area contributed by atoms with Crippen molar-refractivity contribution in [1.82, 2.24) is 0 Å². The zero-order valence-corrected chi connectivity index (χ0v) is 17.5. The number of alkyl halides is 2. The largest absolute Gasteiger partial charge is 0.806 e. The Bertz CT molecular complexity index is 837. The van der Waals surface area contributed by atoms with Gasteiger partial charge in [0.1, 0.15) is 0 Å². The van der Waals surface area contributed by atoms with Crippen molar-refractivity contribution in [3.63, 3.8) is 0 Å². The lowest BCUT2D eigenvalue weighted by molar-refractivity contribution is -0.335. The predicted molar refractivity (Wildman–Crippen MR) is 99.3 cm³/mol. The van der Waals surface area contributed by atoms with Crippen LogP contribution in [0.5, 0.6) is 0 Å². The maximum Gasteiger partial charge on any atom is 0.298 e. The van der Waals surface area contributed by atoms with Crippen molar-refractivity contribution in [2.75, 3.05) is 0 Å². The zero-order valence-electron chi connectivity index (χ0n) is 15.0. The van der Waals surface area contributed by atoms with Crippen molar-refractivity contribution in [3.05, 3.63) is 68.7 Å².